The number of halogens is 5. The number of nitrogens with one attached hydrogen (secondary N) is 1. The van der Waals surface area contributed by atoms with Gasteiger partial charge in [-0.15, -0.1) is 0 Å². The molecule has 0 aliphatic heterocycles. The number of alkyl halides is 3. The Hall–Kier alpha value is -3.93. The molecule has 0 aliphatic carbocycles. The minimum Gasteiger partial charge on any atom is -0.342 e. The van der Waals surface area contributed by atoms with Gasteiger partial charge in [-0.1, -0.05) is 23.9 Å². The molecule has 0 spiro atoms. The lowest BCUT2D eigenvalue weighted by Gasteiger charge is -2.10. The number of amides is 1. The maximum absolute atomic E-state index is 13.7. The number of nitro groups is 1. The number of rotatable bonds is 6. The molecule has 1 aromatic heterocycles. The molecule has 1 heterocycles. The number of benzene rings is 3. The summed E-state index contributed by atoms with van der Waals surface area (Å²) in [6.07, 6.45) is -3.52. The second kappa shape index (κ2) is 9.37. The van der Waals surface area contributed by atoms with Crippen molar-refractivity contribution in [3.05, 3.63) is 94.2 Å². The van der Waals surface area contributed by atoms with E-state index in [9.17, 15) is 36.9 Å². The first kappa shape index (κ1) is 24.2. The summed E-state index contributed by atoms with van der Waals surface area (Å²) >= 11 is 1.06. The lowest BCUT2D eigenvalue weighted by Crippen LogP contribution is -2.29. The minimum atomic E-state index is -5.09. The van der Waals surface area contributed by atoms with Gasteiger partial charge in [-0.2, -0.15) is 13.2 Å². The van der Waals surface area contributed by atoms with Gasteiger partial charge in [0.15, 0.2) is 0 Å². The van der Waals surface area contributed by atoms with Crippen LogP contribution < -0.4 is 5.32 Å². The fourth-order valence-electron chi connectivity index (χ4n) is 3.46. The zero-order chi connectivity index (χ0) is 25.3. The number of carbonyl (C=O) groups is 1. The fraction of sp³-hybridized carbons (Fsp3) is 0.0870. The van der Waals surface area contributed by atoms with E-state index in [0.717, 1.165) is 23.9 Å². The van der Waals surface area contributed by atoms with Crippen molar-refractivity contribution in [2.45, 2.75) is 22.5 Å². The Labute approximate surface area is 198 Å². The van der Waals surface area contributed by atoms with E-state index in [1.165, 1.54) is 34.9 Å². The third-order valence-corrected chi connectivity index (χ3v) is 6.03. The highest BCUT2D eigenvalue weighted by Gasteiger charge is 2.38. The number of carbonyl (C=O) groups excluding carboxylic acids is 1. The zero-order valence-corrected chi connectivity index (χ0v) is 18.3. The van der Waals surface area contributed by atoms with Crippen LogP contribution in [-0.4, -0.2) is 21.6 Å². The molecule has 1 amide bonds. The largest absolute Gasteiger partial charge is 0.471 e. The number of nitro benzene ring substituents is 1. The Morgan fingerprint density at radius 3 is 2.34 bits per heavy atom. The number of hydrogen-bond donors (Lipinski definition) is 1. The molecule has 0 saturated heterocycles. The molecule has 12 heteroatoms. The van der Waals surface area contributed by atoms with Gasteiger partial charge in [-0.25, -0.2) is 8.78 Å². The third kappa shape index (κ3) is 5.43. The molecule has 0 atom stereocenters. The normalized spacial score (nSPS) is 11.6. The predicted octanol–water partition coefficient (Wildman–Crippen LogP) is 6.53. The van der Waals surface area contributed by atoms with Gasteiger partial charge in [0, 0.05) is 40.8 Å². The summed E-state index contributed by atoms with van der Waals surface area (Å²) in [5.74, 6) is -3.76. The van der Waals surface area contributed by atoms with E-state index in [2.05, 4.69) is 0 Å². The van der Waals surface area contributed by atoms with Crippen LogP contribution >= 0.6 is 11.8 Å². The molecule has 0 fully saturated rings. The Kier molecular flexibility index (Phi) is 6.48. The first-order chi connectivity index (χ1) is 16.5. The average molecular weight is 507 g/mol. The van der Waals surface area contributed by atoms with Crippen LogP contribution in [-0.2, 0) is 11.3 Å². The van der Waals surface area contributed by atoms with Gasteiger partial charge in [-0.05, 0) is 42.0 Å². The molecule has 0 radical (unpaired) electrons. The average Bonchev–Trinajstić information content (AvgIpc) is 3.09. The first-order valence-corrected chi connectivity index (χ1v) is 10.7. The summed E-state index contributed by atoms with van der Waals surface area (Å²) in [5.41, 5.74) is 0.300. The maximum Gasteiger partial charge on any atom is 0.471 e. The zero-order valence-electron chi connectivity index (χ0n) is 17.5. The molecule has 0 saturated carbocycles. The molecule has 6 nitrogen and oxygen atoms in total. The second-order valence-corrected chi connectivity index (χ2v) is 8.49. The molecular formula is C23H14F5N3O3S. The van der Waals surface area contributed by atoms with Gasteiger partial charge in [0.25, 0.3) is 5.69 Å². The molecular weight excluding hydrogens is 493 g/mol. The smallest absolute Gasteiger partial charge is 0.342 e. The van der Waals surface area contributed by atoms with E-state index in [4.69, 9.17) is 0 Å². The highest BCUT2D eigenvalue weighted by Crippen LogP contribution is 2.40. The Bertz CT molecular complexity index is 1430. The van der Waals surface area contributed by atoms with E-state index in [-0.39, 0.29) is 23.5 Å². The van der Waals surface area contributed by atoms with Crippen molar-refractivity contribution in [2.24, 2.45) is 0 Å². The maximum atomic E-state index is 13.7. The van der Waals surface area contributed by atoms with E-state index in [1.807, 2.05) is 0 Å². The second-order valence-electron chi connectivity index (χ2n) is 7.41. The van der Waals surface area contributed by atoms with Gasteiger partial charge >= 0.3 is 12.1 Å². The molecule has 35 heavy (non-hydrogen) atoms. The van der Waals surface area contributed by atoms with Crippen molar-refractivity contribution >= 4 is 39.9 Å². The van der Waals surface area contributed by atoms with Crippen LogP contribution in [0.5, 0.6) is 0 Å². The molecule has 4 rings (SSSR count). The summed E-state index contributed by atoms with van der Waals surface area (Å²) in [7, 11) is 0. The monoisotopic (exact) mass is 507 g/mol. The minimum absolute atomic E-state index is 0.0563. The molecule has 3 aromatic carbocycles. The number of nitrogens with zero attached hydrogens (tertiary/aromatic N) is 2. The predicted molar refractivity (Wildman–Crippen MR) is 119 cm³/mol. The molecule has 4 aromatic rings. The number of anilines is 1. The van der Waals surface area contributed by atoms with Gasteiger partial charge in [0.1, 0.15) is 11.6 Å². The molecule has 0 unspecified atom stereocenters. The van der Waals surface area contributed by atoms with Crippen molar-refractivity contribution < 1.29 is 31.7 Å². The standard InChI is InChI=1S/C23H14F5N3O3S/c24-14-7-13(8-15(25)9-14)11-30-12-21(35-20-4-2-1-3-18(20)31(33)34)17-6-5-16(10-19(17)30)29-22(32)23(26,27)28/h1-10,12H,11H2,(H,29,32). The molecule has 0 bridgehead atoms. The topological polar surface area (TPSA) is 77.2 Å². The van der Waals surface area contributed by atoms with E-state index >= 15 is 0 Å². The van der Waals surface area contributed by atoms with E-state index in [0.29, 0.717) is 26.8 Å². The SMILES string of the molecule is O=C(Nc1ccc2c(Sc3ccccc3[N+](=O)[O-])cn(Cc3cc(F)cc(F)c3)c2c1)C(F)(F)F. The quantitative estimate of drug-likeness (QED) is 0.183. The number of hydrogen-bond acceptors (Lipinski definition) is 4. The van der Waals surface area contributed by atoms with Gasteiger partial charge in [0.05, 0.1) is 15.3 Å². The summed E-state index contributed by atoms with van der Waals surface area (Å²) in [5, 5.41) is 13.7. The van der Waals surface area contributed by atoms with Crippen LogP contribution in [0.4, 0.5) is 33.3 Å². The van der Waals surface area contributed by atoms with Crippen molar-refractivity contribution in [2.75, 3.05) is 5.32 Å². The summed E-state index contributed by atoms with van der Waals surface area (Å²) < 4.78 is 67.0. The van der Waals surface area contributed by atoms with Crippen LogP contribution in [0.3, 0.4) is 0 Å². The molecule has 1 N–H and O–H groups in total. The van der Waals surface area contributed by atoms with Crippen molar-refractivity contribution in [3.63, 3.8) is 0 Å². The Morgan fingerprint density at radius 1 is 1.00 bits per heavy atom. The summed E-state index contributed by atoms with van der Waals surface area (Å²) in [4.78, 5) is 23.1. The summed E-state index contributed by atoms with van der Waals surface area (Å²) in [6, 6.07) is 13.0. The van der Waals surface area contributed by atoms with Crippen molar-refractivity contribution in [3.8, 4) is 0 Å². The third-order valence-electron chi connectivity index (χ3n) is 4.92. The van der Waals surface area contributed by atoms with Gasteiger partial charge in [0.2, 0.25) is 0 Å². The molecule has 0 aliphatic rings. The first-order valence-electron chi connectivity index (χ1n) is 9.88. The van der Waals surface area contributed by atoms with Crippen molar-refractivity contribution in [1.82, 2.24) is 4.57 Å². The van der Waals surface area contributed by atoms with Crippen LogP contribution in [0.15, 0.2) is 76.7 Å². The lowest BCUT2D eigenvalue weighted by atomic mass is 10.2. The Morgan fingerprint density at radius 2 is 1.69 bits per heavy atom. The van der Waals surface area contributed by atoms with Crippen LogP contribution in [0.2, 0.25) is 0 Å². The number of aromatic nitrogens is 1. The van der Waals surface area contributed by atoms with Gasteiger partial charge < -0.3 is 9.88 Å². The highest BCUT2D eigenvalue weighted by molar-refractivity contribution is 7.99. The number of para-hydroxylation sites is 1. The molecule has 180 valence electrons. The van der Waals surface area contributed by atoms with Crippen LogP contribution in [0, 0.1) is 21.7 Å². The highest BCUT2D eigenvalue weighted by atomic mass is 32.2. The Balaban J connectivity index is 1.80. The van der Waals surface area contributed by atoms with Gasteiger partial charge in [-0.3, -0.25) is 14.9 Å². The summed E-state index contributed by atoms with van der Waals surface area (Å²) in [6.45, 7) is -0.0563. The van der Waals surface area contributed by atoms with Crippen LogP contribution in [0.1, 0.15) is 5.56 Å². The van der Waals surface area contributed by atoms with Crippen molar-refractivity contribution in [1.29, 1.82) is 0 Å². The van der Waals surface area contributed by atoms with E-state index in [1.54, 1.807) is 23.6 Å². The number of fused-ring (bicyclic) bond motifs is 1. The lowest BCUT2D eigenvalue weighted by molar-refractivity contribution is -0.387. The van der Waals surface area contributed by atoms with E-state index < -0.39 is 28.6 Å². The van der Waals surface area contributed by atoms with Crippen LogP contribution in [0.25, 0.3) is 10.9 Å². The fourth-order valence-corrected chi connectivity index (χ4v) is 4.56.